The van der Waals surface area contributed by atoms with Crippen molar-refractivity contribution in [2.24, 2.45) is 0 Å². The Morgan fingerprint density at radius 1 is 1.24 bits per heavy atom. The fourth-order valence-electron chi connectivity index (χ4n) is 1.85. The summed E-state index contributed by atoms with van der Waals surface area (Å²) in [6, 6.07) is 10.6. The SMILES string of the molecule is Cc1ccc(Br)cc1OCc1ccc(CNC(C)C)cn1. The lowest BCUT2D eigenvalue weighted by Gasteiger charge is -2.10. The minimum Gasteiger partial charge on any atom is -0.487 e. The normalized spacial score (nSPS) is 10.9. The molecule has 0 aliphatic heterocycles. The molecule has 0 atom stereocenters. The van der Waals surface area contributed by atoms with Gasteiger partial charge in [0, 0.05) is 23.3 Å². The zero-order valence-electron chi connectivity index (χ0n) is 12.7. The van der Waals surface area contributed by atoms with Crippen LogP contribution >= 0.6 is 15.9 Å². The highest BCUT2D eigenvalue weighted by Gasteiger charge is 2.03. The molecular formula is C17H21BrN2O. The van der Waals surface area contributed by atoms with Crippen molar-refractivity contribution in [2.45, 2.75) is 40.0 Å². The number of nitrogens with zero attached hydrogens (tertiary/aromatic N) is 1. The number of aryl methyl sites for hydroxylation is 1. The molecule has 1 aromatic heterocycles. The monoisotopic (exact) mass is 348 g/mol. The molecule has 0 aliphatic rings. The summed E-state index contributed by atoms with van der Waals surface area (Å²) < 4.78 is 6.85. The third-order valence-corrected chi connectivity index (χ3v) is 3.62. The van der Waals surface area contributed by atoms with Crippen LogP contribution in [-0.2, 0) is 13.2 Å². The molecule has 0 aliphatic carbocycles. The zero-order valence-corrected chi connectivity index (χ0v) is 14.3. The van der Waals surface area contributed by atoms with Gasteiger partial charge in [-0.1, -0.05) is 41.9 Å². The summed E-state index contributed by atoms with van der Waals surface area (Å²) in [5.74, 6) is 0.886. The van der Waals surface area contributed by atoms with Crippen molar-refractivity contribution in [1.29, 1.82) is 0 Å². The Hall–Kier alpha value is -1.39. The lowest BCUT2D eigenvalue weighted by atomic mass is 10.2. The fraction of sp³-hybridized carbons (Fsp3) is 0.353. The third-order valence-electron chi connectivity index (χ3n) is 3.13. The smallest absolute Gasteiger partial charge is 0.130 e. The molecule has 0 fully saturated rings. The molecule has 0 bridgehead atoms. The number of aromatic nitrogens is 1. The summed E-state index contributed by atoms with van der Waals surface area (Å²) in [7, 11) is 0. The highest BCUT2D eigenvalue weighted by molar-refractivity contribution is 9.10. The van der Waals surface area contributed by atoms with Gasteiger partial charge in [-0.3, -0.25) is 4.98 Å². The first-order chi connectivity index (χ1) is 10.0. The van der Waals surface area contributed by atoms with E-state index in [2.05, 4.69) is 46.1 Å². The quantitative estimate of drug-likeness (QED) is 0.848. The zero-order chi connectivity index (χ0) is 15.2. The fourth-order valence-corrected chi connectivity index (χ4v) is 2.19. The summed E-state index contributed by atoms with van der Waals surface area (Å²) >= 11 is 3.46. The summed E-state index contributed by atoms with van der Waals surface area (Å²) in [5, 5.41) is 3.38. The maximum absolute atomic E-state index is 5.83. The molecule has 1 aromatic carbocycles. The van der Waals surface area contributed by atoms with E-state index in [4.69, 9.17) is 4.74 Å². The van der Waals surface area contributed by atoms with Crippen molar-refractivity contribution in [3.05, 3.63) is 57.8 Å². The minimum atomic E-state index is 0.479. The summed E-state index contributed by atoms with van der Waals surface area (Å²) in [4.78, 5) is 4.45. The Bertz CT molecular complexity index is 582. The van der Waals surface area contributed by atoms with Crippen molar-refractivity contribution in [2.75, 3.05) is 0 Å². The lowest BCUT2D eigenvalue weighted by molar-refractivity contribution is 0.299. The minimum absolute atomic E-state index is 0.479. The van der Waals surface area contributed by atoms with E-state index in [0.717, 1.165) is 28.0 Å². The second-order valence-electron chi connectivity index (χ2n) is 5.39. The number of benzene rings is 1. The highest BCUT2D eigenvalue weighted by Crippen LogP contribution is 2.23. The first-order valence-electron chi connectivity index (χ1n) is 7.11. The number of hydrogen-bond acceptors (Lipinski definition) is 3. The molecule has 0 radical (unpaired) electrons. The molecule has 21 heavy (non-hydrogen) atoms. The van der Waals surface area contributed by atoms with Crippen LogP contribution in [0.2, 0.25) is 0 Å². The largest absolute Gasteiger partial charge is 0.487 e. The number of ether oxygens (including phenoxy) is 1. The molecular weight excluding hydrogens is 328 g/mol. The number of pyridine rings is 1. The van der Waals surface area contributed by atoms with E-state index in [9.17, 15) is 0 Å². The van der Waals surface area contributed by atoms with Crippen LogP contribution in [-0.4, -0.2) is 11.0 Å². The van der Waals surface area contributed by atoms with E-state index in [1.807, 2.05) is 37.4 Å². The molecule has 1 N–H and O–H groups in total. The van der Waals surface area contributed by atoms with Gasteiger partial charge >= 0.3 is 0 Å². The van der Waals surface area contributed by atoms with Gasteiger partial charge in [-0.25, -0.2) is 0 Å². The molecule has 4 heteroatoms. The summed E-state index contributed by atoms with van der Waals surface area (Å²) in [6.45, 7) is 7.63. The van der Waals surface area contributed by atoms with Gasteiger partial charge in [0.15, 0.2) is 0 Å². The molecule has 2 aromatic rings. The van der Waals surface area contributed by atoms with Crippen molar-refractivity contribution in [3.8, 4) is 5.75 Å². The molecule has 0 spiro atoms. The first-order valence-corrected chi connectivity index (χ1v) is 7.90. The maximum Gasteiger partial charge on any atom is 0.130 e. The van der Waals surface area contributed by atoms with Crippen molar-refractivity contribution in [3.63, 3.8) is 0 Å². The summed E-state index contributed by atoms with van der Waals surface area (Å²) in [5.41, 5.74) is 3.24. The number of hydrogen-bond donors (Lipinski definition) is 1. The Labute approximate surface area is 134 Å². The predicted octanol–water partition coefficient (Wildman–Crippen LogP) is 4.23. The molecule has 3 nitrogen and oxygen atoms in total. The van der Waals surface area contributed by atoms with Gasteiger partial charge in [-0.2, -0.15) is 0 Å². The van der Waals surface area contributed by atoms with E-state index in [1.165, 1.54) is 5.56 Å². The van der Waals surface area contributed by atoms with Gasteiger partial charge in [-0.15, -0.1) is 0 Å². The van der Waals surface area contributed by atoms with Crippen LogP contribution in [0.1, 0.15) is 30.7 Å². The van der Waals surface area contributed by atoms with Gasteiger partial charge < -0.3 is 10.1 Å². The van der Waals surface area contributed by atoms with E-state index >= 15 is 0 Å². The van der Waals surface area contributed by atoms with Gasteiger partial charge in [0.2, 0.25) is 0 Å². The van der Waals surface area contributed by atoms with Crippen LogP contribution < -0.4 is 10.1 Å². The Morgan fingerprint density at radius 2 is 2.05 bits per heavy atom. The van der Waals surface area contributed by atoms with E-state index < -0.39 is 0 Å². The number of rotatable bonds is 6. The topological polar surface area (TPSA) is 34.1 Å². The van der Waals surface area contributed by atoms with Crippen molar-refractivity contribution >= 4 is 15.9 Å². The van der Waals surface area contributed by atoms with Gasteiger partial charge in [0.05, 0.1) is 5.69 Å². The second-order valence-corrected chi connectivity index (χ2v) is 6.31. The van der Waals surface area contributed by atoms with Crippen LogP contribution in [0.25, 0.3) is 0 Å². The maximum atomic E-state index is 5.83. The third kappa shape index (κ3) is 5.14. The second kappa shape index (κ2) is 7.57. The Kier molecular flexibility index (Phi) is 5.76. The Balaban J connectivity index is 1.93. The van der Waals surface area contributed by atoms with Crippen LogP contribution in [0, 0.1) is 6.92 Å². The molecule has 0 saturated heterocycles. The van der Waals surface area contributed by atoms with Crippen LogP contribution in [0.3, 0.4) is 0 Å². The number of nitrogens with one attached hydrogen (secondary N) is 1. The predicted molar refractivity (Wildman–Crippen MR) is 89.4 cm³/mol. The van der Waals surface area contributed by atoms with E-state index in [0.29, 0.717) is 12.6 Å². The van der Waals surface area contributed by atoms with E-state index in [1.54, 1.807) is 0 Å². The van der Waals surface area contributed by atoms with Crippen LogP contribution in [0.4, 0.5) is 0 Å². The van der Waals surface area contributed by atoms with E-state index in [-0.39, 0.29) is 0 Å². The molecule has 0 amide bonds. The highest BCUT2D eigenvalue weighted by atomic mass is 79.9. The first kappa shape index (κ1) is 16.0. The van der Waals surface area contributed by atoms with Gasteiger partial charge in [-0.05, 0) is 36.2 Å². The number of halogens is 1. The lowest BCUT2D eigenvalue weighted by Crippen LogP contribution is -2.21. The van der Waals surface area contributed by atoms with Gasteiger partial charge in [0.25, 0.3) is 0 Å². The molecule has 2 rings (SSSR count). The van der Waals surface area contributed by atoms with Gasteiger partial charge in [0.1, 0.15) is 12.4 Å². The molecule has 0 unspecified atom stereocenters. The van der Waals surface area contributed by atoms with Crippen LogP contribution in [0.5, 0.6) is 5.75 Å². The molecule has 112 valence electrons. The van der Waals surface area contributed by atoms with Crippen LogP contribution in [0.15, 0.2) is 41.0 Å². The molecule has 1 heterocycles. The van der Waals surface area contributed by atoms with Crippen molar-refractivity contribution in [1.82, 2.24) is 10.3 Å². The average Bonchev–Trinajstić information content (AvgIpc) is 2.47. The van der Waals surface area contributed by atoms with Crippen molar-refractivity contribution < 1.29 is 4.74 Å². The summed E-state index contributed by atoms with van der Waals surface area (Å²) in [6.07, 6.45) is 1.90. The average molecular weight is 349 g/mol. The Morgan fingerprint density at radius 3 is 2.71 bits per heavy atom. The molecule has 0 saturated carbocycles. The standard InChI is InChI=1S/C17H21BrN2O/c1-12(2)19-9-14-5-7-16(20-10-14)11-21-17-8-15(18)6-4-13(17)3/h4-8,10,12,19H,9,11H2,1-3H3.